The second-order valence-electron chi connectivity index (χ2n) is 4.79. The van der Waals surface area contributed by atoms with Gasteiger partial charge in [-0.3, -0.25) is 9.48 Å². The van der Waals surface area contributed by atoms with Crippen molar-refractivity contribution in [1.82, 2.24) is 9.78 Å². The minimum Gasteiger partial charge on any atom is -0.508 e. The number of hydrogen-bond acceptors (Lipinski definition) is 3. The smallest absolute Gasteiger partial charge is 0.189 e. The zero-order valence-electron chi connectivity index (χ0n) is 10.6. The topological polar surface area (TPSA) is 55.1 Å². The van der Waals surface area contributed by atoms with Gasteiger partial charge in [0.2, 0.25) is 0 Å². The van der Waals surface area contributed by atoms with Gasteiger partial charge in [-0.15, -0.1) is 0 Å². The van der Waals surface area contributed by atoms with Gasteiger partial charge in [-0.25, -0.2) is 0 Å². The molecule has 4 heteroatoms. The molecule has 3 rings (SSSR count). The number of rotatable bonds is 1. The molecule has 19 heavy (non-hydrogen) atoms. The molecule has 4 nitrogen and oxygen atoms in total. The average molecular weight is 254 g/mol. The first kappa shape index (κ1) is 11.7. The number of aromatic hydroxyl groups is 1. The third kappa shape index (κ3) is 2.17. The van der Waals surface area contributed by atoms with E-state index in [2.05, 4.69) is 5.10 Å². The standard InChI is InChI=1S/C15H14N2O2/c1-17-9-10(8-16-17)6-12-3-2-11-7-13(18)4-5-14(11)15(12)19/h4-9,18H,2-3H2,1H3. The second kappa shape index (κ2) is 4.39. The molecule has 1 aliphatic carbocycles. The van der Waals surface area contributed by atoms with Crippen molar-refractivity contribution >= 4 is 11.9 Å². The van der Waals surface area contributed by atoms with Gasteiger partial charge in [-0.1, -0.05) is 0 Å². The Hall–Kier alpha value is -2.36. The maximum atomic E-state index is 12.4. The number of ketones is 1. The van der Waals surface area contributed by atoms with Crippen molar-refractivity contribution in [2.75, 3.05) is 0 Å². The molecular weight excluding hydrogens is 240 g/mol. The molecule has 0 atom stereocenters. The monoisotopic (exact) mass is 254 g/mol. The predicted octanol–water partition coefficient (Wildman–Crippen LogP) is 2.34. The fraction of sp³-hybridized carbons (Fsp3) is 0.200. The van der Waals surface area contributed by atoms with Crippen LogP contribution in [0.25, 0.3) is 6.08 Å². The molecule has 1 N–H and O–H groups in total. The predicted molar refractivity (Wildman–Crippen MR) is 71.9 cm³/mol. The van der Waals surface area contributed by atoms with Crippen molar-refractivity contribution < 1.29 is 9.90 Å². The van der Waals surface area contributed by atoms with E-state index in [1.807, 2.05) is 19.3 Å². The van der Waals surface area contributed by atoms with Crippen LogP contribution >= 0.6 is 0 Å². The van der Waals surface area contributed by atoms with E-state index in [0.29, 0.717) is 12.0 Å². The number of aryl methyl sites for hydroxylation is 2. The number of phenolic OH excluding ortho intramolecular Hbond substituents is 1. The molecule has 1 aliphatic rings. The number of carbonyl (C=O) groups is 1. The quantitative estimate of drug-likeness (QED) is 0.795. The maximum Gasteiger partial charge on any atom is 0.189 e. The Morgan fingerprint density at radius 3 is 2.95 bits per heavy atom. The van der Waals surface area contributed by atoms with Crippen molar-refractivity contribution in [3.63, 3.8) is 0 Å². The van der Waals surface area contributed by atoms with Crippen LogP contribution in [0.2, 0.25) is 0 Å². The molecule has 0 saturated carbocycles. The summed E-state index contributed by atoms with van der Waals surface area (Å²) in [4.78, 5) is 12.4. The molecule has 0 bridgehead atoms. The molecule has 0 radical (unpaired) electrons. The van der Waals surface area contributed by atoms with Crippen LogP contribution in [0.3, 0.4) is 0 Å². The van der Waals surface area contributed by atoms with Gasteiger partial charge in [0.1, 0.15) is 5.75 Å². The minimum absolute atomic E-state index is 0.0464. The first-order valence-electron chi connectivity index (χ1n) is 6.19. The van der Waals surface area contributed by atoms with Crippen LogP contribution in [0.1, 0.15) is 27.9 Å². The molecule has 0 aliphatic heterocycles. The van der Waals surface area contributed by atoms with Gasteiger partial charge in [-0.05, 0) is 42.7 Å². The van der Waals surface area contributed by atoms with E-state index < -0.39 is 0 Å². The minimum atomic E-state index is 0.0464. The molecule has 0 unspecified atom stereocenters. The highest BCUT2D eigenvalue weighted by Gasteiger charge is 2.22. The van der Waals surface area contributed by atoms with Crippen molar-refractivity contribution in [2.45, 2.75) is 12.8 Å². The Kier molecular flexibility index (Phi) is 2.71. The number of nitrogens with zero attached hydrogens (tertiary/aromatic N) is 2. The zero-order chi connectivity index (χ0) is 13.4. The van der Waals surface area contributed by atoms with Crippen LogP contribution in [-0.2, 0) is 13.5 Å². The van der Waals surface area contributed by atoms with E-state index in [1.54, 1.807) is 29.1 Å². The van der Waals surface area contributed by atoms with E-state index in [0.717, 1.165) is 23.1 Å². The van der Waals surface area contributed by atoms with Crippen molar-refractivity contribution in [1.29, 1.82) is 0 Å². The van der Waals surface area contributed by atoms with Crippen molar-refractivity contribution in [3.05, 3.63) is 52.9 Å². The molecule has 96 valence electrons. The van der Waals surface area contributed by atoms with Gasteiger partial charge in [0, 0.05) is 29.9 Å². The lowest BCUT2D eigenvalue weighted by atomic mass is 9.86. The normalized spacial score (nSPS) is 16.7. The molecule has 0 fully saturated rings. The molecule has 0 amide bonds. The van der Waals surface area contributed by atoms with Gasteiger partial charge >= 0.3 is 0 Å². The SMILES string of the molecule is Cn1cc(C=C2CCc3cc(O)ccc3C2=O)cn1. The second-order valence-corrected chi connectivity index (χ2v) is 4.79. The van der Waals surface area contributed by atoms with Crippen molar-refractivity contribution in [3.8, 4) is 5.75 Å². The molecule has 1 aromatic carbocycles. The third-order valence-corrected chi connectivity index (χ3v) is 3.35. The lowest BCUT2D eigenvalue weighted by molar-refractivity contribution is 0.102. The lowest BCUT2D eigenvalue weighted by Gasteiger charge is -2.17. The van der Waals surface area contributed by atoms with Gasteiger partial charge in [-0.2, -0.15) is 5.10 Å². The molecule has 2 aromatic rings. The van der Waals surface area contributed by atoms with Gasteiger partial charge in [0.25, 0.3) is 0 Å². The number of hydrogen-bond donors (Lipinski definition) is 1. The first-order valence-corrected chi connectivity index (χ1v) is 6.19. The Morgan fingerprint density at radius 1 is 1.37 bits per heavy atom. The molecule has 0 spiro atoms. The van der Waals surface area contributed by atoms with E-state index in [1.165, 1.54) is 0 Å². The van der Waals surface area contributed by atoms with Crippen LogP contribution in [0, 0.1) is 0 Å². The summed E-state index contributed by atoms with van der Waals surface area (Å²) in [7, 11) is 1.85. The number of Topliss-reactive ketones (excluding diaryl/α,β-unsaturated/α-hetero) is 1. The Bertz CT molecular complexity index is 683. The average Bonchev–Trinajstić information content (AvgIpc) is 2.78. The summed E-state index contributed by atoms with van der Waals surface area (Å²) in [5, 5.41) is 13.5. The number of allylic oxidation sites excluding steroid dienone is 1. The fourth-order valence-corrected chi connectivity index (χ4v) is 2.42. The highest BCUT2D eigenvalue weighted by atomic mass is 16.3. The first-order chi connectivity index (χ1) is 9.13. The maximum absolute atomic E-state index is 12.4. The highest BCUT2D eigenvalue weighted by Crippen LogP contribution is 2.28. The number of fused-ring (bicyclic) bond motifs is 1. The van der Waals surface area contributed by atoms with E-state index >= 15 is 0 Å². The zero-order valence-corrected chi connectivity index (χ0v) is 10.6. The van der Waals surface area contributed by atoms with Crippen LogP contribution in [0.5, 0.6) is 5.75 Å². The summed E-state index contributed by atoms with van der Waals surface area (Å²) >= 11 is 0. The highest BCUT2D eigenvalue weighted by molar-refractivity contribution is 6.13. The van der Waals surface area contributed by atoms with Gasteiger partial charge in [0.15, 0.2) is 5.78 Å². The summed E-state index contributed by atoms with van der Waals surface area (Å²) in [5.41, 5.74) is 3.35. The largest absolute Gasteiger partial charge is 0.508 e. The summed E-state index contributed by atoms with van der Waals surface area (Å²) < 4.78 is 1.71. The Morgan fingerprint density at radius 2 is 2.21 bits per heavy atom. The number of phenols is 1. The van der Waals surface area contributed by atoms with Gasteiger partial charge in [0.05, 0.1) is 6.20 Å². The van der Waals surface area contributed by atoms with Crippen LogP contribution < -0.4 is 0 Å². The number of benzene rings is 1. The van der Waals surface area contributed by atoms with E-state index in [4.69, 9.17) is 0 Å². The van der Waals surface area contributed by atoms with E-state index in [-0.39, 0.29) is 11.5 Å². The summed E-state index contributed by atoms with van der Waals surface area (Å²) in [6.07, 6.45) is 7.00. The summed E-state index contributed by atoms with van der Waals surface area (Å²) in [6.45, 7) is 0. The number of aromatic nitrogens is 2. The lowest BCUT2D eigenvalue weighted by Crippen LogP contribution is -2.13. The molecule has 1 aromatic heterocycles. The van der Waals surface area contributed by atoms with Crippen LogP contribution in [0.4, 0.5) is 0 Å². The fourth-order valence-electron chi connectivity index (χ4n) is 2.42. The van der Waals surface area contributed by atoms with Crippen molar-refractivity contribution in [2.24, 2.45) is 7.05 Å². The van der Waals surface area contributed by atoms with Gasteiger partial charge < -0.3 is 5.11 Å². The molecule has 0 saturated heterocycles. The summed E-state index contributed by atoms with van der Waals surface area (Å²) in [5.74, 6) is 0.261. The third-order valence-electron chi connectivity index (χ3n) is 3.35. The summed E-state index contributed by atoms with van der Waals surface area (Å²) in [6, 6.07) is 4.93. The van der Waals surface area contributed by atoms with Crippen LogP contribution in [0.15, 0.2) is 36.2 Å². The Labute approximate surface area is 111 Å². The van der Waals surface area contributed by atoms with E-state index in [9.17, 15) is 9.90 Å². The Balaban J connectivity index is 1.97. The molecule has 1 heterocycles. The number of carbonyl (C=O) groups excluding carboxylic acids is 1. The van der Waals surface area contributed by atoms with Crippen LogP contribution in [-0.4, -0.2) is 20.7 Å². The molecular formula is C15H14N2O2.